The molecule has 1 aromatic rings. The van der Waals surface area contributed by atoms with E-state index in [4.69, 9.17) is 4.74 Å². The van der Waals surface area contributed by atoms with Crippen molar-refractivity contribution in [2.75, 3.05) is 19.7 Å². The Kier molecular flexibility index (Phi) is 5.76. The van der Waals surface area contributed by atoms with Gasteiger partial charge in [0.15, 0.2) is 6.61 Å². The Bertz CT molecular complexity index is 827. The minimum absolute atomic E-state index is 0.107. The van der Waals surface area contributed by atoms with E-state index < -0.39 is 34.5 Å². The molecule has 10 heteroatoms. The van der Waals surface area contributed by atoms with Crippen molar-refractivity contribution in [2.45, 2.75) is 36.6 Å². The molecule has 2 aliphatic rings. The van der Waals surface area contributed by atoms with Gasteiger partial charge in [0.25, 0.3) is 5.91 Å². The number of benzene rings is 1. The molecule has 1 aliphatic carbocycles. The lowest BCUT2D eigenvalue weighted by Crippen LogP contribution is -2.42. The van der Waals surface area contributed by atoms with Gasteiger partial charge in [0.2, 0.25) is 10.0 Å². The van der Waals surface area contributed by atoms with Crippen LogP contribution in [0.3, 0.4) is 0 Å². The second-order valence-corrected chi connectivity index (χ2v) is 8.45. The van der Waals surface area contributed by atoms with Crippen LogP contribution in [0.5, 0.6) is 0 Å². The van der Waals surface area contributed by atoms with Gasteiger partial charge in [0, 0.05) is 19.1 Å². The third-order valence-corrected chi connectivity index (χ3v) is 6.21. The van der Waals surface area contributed by atoms with E-state index in [0.717, 1.165) is 25.7 Å². The Morgan fingerprint density at radius 2 is 1.70 bits per heavy atom. The molecule has 0 atom stereocenters. The number of ether oxygens (including phenoxy) is 1. The molecule has 2 fully saturated rings. The monoisotopic (exact) mass is 395 g/mol. The molecule has 0 bridgehead atoms. The maximum atomic E-state index is 12.4. The van der Waals surface area contributed by atoms with E-state index in [0.29, 0.717) is 13.1 Å². The van der Waals surface area contributed by atoms with Crippen molar-refractivity contribution in [2.24, 2.45) is 0 Å². The normalized spacial score (nSPS) is 17.3. The first kappa shape index (κ1) is 19.3. The molecule has 1 saturated carbocycles. The van der Waals surface area contributed by atoms with Crippen LogP contribution in [-0.2, 0) is 19.6 Å². The van der Waals surface area contributed by atoms with Crippen LogP contribution in [0.4, 0.5) is 4.79 Å². The predicted molar refractivity (Wildman–Crippen MR) is 94.4 cm³/mol. The van der Waals surface area contributed by atoms with Crippen molar-refractivity contribution in [3.8, 4) is 0 Å². The second kappa shape index (κ2) is 8.05. The third kappa shape index (κ3) is 5.04. The van der Waals surface area contributed by atoms with Crippen molar-refractivity contribution < 1.29 is 27.5 Å². The zero-order valence-electron chi connectivity index (χ0n) is 14.6. The first-order valence-corrected chi connectivity index (χ1v) is 10.2. The summed E-state index contributed by atoms with van der Waals surface area (Å²) >= 11 is 0. The second-order valence-electron chi connectivity index (χ2n) is 6.51. The Morgan fingerprint density at radius 1 is 1.07 bits per heavy atom. The molecule has 27 heavy (non-hydrogen) atoms. The number of esters is 1. The van der Waals surface area contributed by atoms with E-state index >= 15 is 0 Å². The van der Waals surface area contributed by atoms with E-state index in [1.807, 2.05) is 0 Å². The van der Waals surface area contributed by atoms with Crippen LogP contribution in [0, 0.1) is 0 Å². The summed E-state index contributed by atoms with van der Waals surface area (Å²) in [5.74, 6) is -1.52. The van der Waals surface area contributed by atoms with Gasteiger partial charge in [-0.15, -0.1) is 0 Å². The van der Waals surface area contributed by atoms with Crippen LogP contribution in [0.2, 0.25) is 0 Å². The summed E-state index contributed by atoms with van der Waals surface area (Å²) < 4.78 is 31.1. The molecular weight excluding hydrogens is 374 g/mol. The van der Waals surface area contributed by atoms with E-state index in [-0.39, 0.29) is 16.5 Å². The average Bonchev–Trinajstić information content (AvgIpc) is 3.26. The number of hydrogen-bond donors (Lipinski definition) is 2. The number of urea groups is 1. The Balaban J connectivity index is 1.51. The molecule has 0 spiro atoms. The molecule has 3 rings (SSSR count). The molecule has 1 saturated heterocycles. The fourth-order valence-corrected chi connectivity index (χ4v) is 4.18. The summed E-state index contributed by atoms with van der Waals surface area (Å²) in [7, 11) is -3.55. The van der Waals surface area contributed by atoms with Crippen molar-refractivity contribution in [3.63, 3.8) is 0 Å². The van der Waals surface area contributed by atoms with Gasteiger partial charge in [0.1, 0.15) is 0 Å². The summed E-state index contributed by atoms with van der Waals surface area (Å²) in [6, 6.07) is 4.85. The van der Waals surface area contributed by atoms with E-state index in [9.17, 15) is 22.8 Å². The largest absolute Gasteiger partial charge is 0.452 e. The number of carbonyl (C=O) groups excluding carboxylic acids is 3. The molecule has 0 radical (unpaired) electrons. The standard InChI is InChI=1S/C17H21N3O6S/c21-15(19-17(23)18-13-5-6-13)11-26-16(22)12-3-7-14(8-4-12)27(24,25)20-9-1-2-10-20/h3-4,7-8,13H,1-2,5-6,9-11H2,(H2,18,19,21,23). The number of sulfonamides is 1. The van der Waals surface area contributed by atoms with Gasteiger partial charge >= 0.3 is 12.0 Å². The summed E-state index contributed by atoms with van der Waals surface area (Å²) in [6.45, 7) is 0.385. The molecule has 0 aromatic heterocycles. The highest BCUT2D eigenvalue weighted by Crippen LogP contribution is 2.21. The number of rotatable bonds is 6. The maximum absolute atomic E-state index is 12.4. The summed E-state index contributed by atoms with van der Waals surface area (Å²) in [5.41, 5.74) is 0.116. The summed E-state index contributed by atoms with van der Waals surface area (Å²) in [5, 5.41) is 4.64. The third-order valence-electron chi connectivity index (χ3n) is 4.29. The molecule has 1 aromatic carbocycles. The van der Waals surface area contributed by atoms with Crippen LogP contribution in [0.25, 0.3) is 0 Å². The molecule has 9 nitrogen and oxygen atoms in total. The van der Waals surface area contributed by atoms with Crippen molar-refractivity contribution >= 4 is 27.9 Å². The molecule has 0 unspecified atom stereocenters. The van der Waals surface area contributed by atoms with Crippen LogP contribution in [0.1, 0.15) is 36.0 Å². The summed E-state index contributed by atoms with van der Waals surface area (Å²) in [6.07, 6.45) is 3.45. The smallest absolute Gasteiger partial charge is 0.338 e. The van der Waals surface area contributed by atoms with Crippen LogP contribution < -0.4 is 10.6 Å². The molecule has 1 heterocycles. The SMILES string of the molecule is O=C(COC(=O)c1ccc(S(=O)(=O)N2CCCC2)cc1)NC(=O)NC1CC1. The van der Waals surface area contributed by atoms with Crippen molar-refractivity contribution in [1.82, 2.24) is 14.9 Å². The van der Waals surface area contributed by atoms with Gasteiger partial charge in [0.05, 0.1) is 10.5 Å². The predicted octanol–water partition coefficient (Wildman–Crippen LogP) is 0.616. The quantitative estimate of drug-likeness (QED) is 0.681. The molecule has 3 amide bonds. The molecule has 1 aliphatic heterocycles. The fraction of sp³-hybridized carbons (Fsp3) is 0.471. The zero-order valence-corrected chi connectivity index (χ0v) is 15.5. The molecule has 146 valence electrons. The van der Waals surface area contributed by atoms with Gasteiger partial charge in [-0.2, -0.15) is 4.31 Å². The van der Waals surface area contributed by atoms with Gasteiger partial charge in [-0.25, -0.2) is 18.0 Å². The van der Waals surface area contributed by atoms with Gasteiger partial charge in [-0.05, 0) is 49.9 Å². The number of nitrogens with one attached hydrogen (secondary N) is 2. The highest BCUT2D eigenvalue weighted by molar-refractivity contribution is 7.89. The first-order valence-electron chi connectivity index (χ1n) is 8.74. The summed E-state index contributed by atoms with van der Waals surface area (Å²) in [4.78, 5) is 35.1. The molecule has 2 N–H and O–H groups in total. The average molecular weight is 395 g/mol. The number of imide groups is 1. The van der Waals surface area contributed by atoms with Gasteiger partial charge in [-0.1, -0.05) is 0 Å². The highest BCUT2D eigenvalue weighted by atomic mass is 32.2. The number of nitrogens with zero attached hydrogens (tertiary/aromatic N) is 1. The van der Waals surface area contributed by atoms with Crippen molar-refractivity contribution in [1.29, 1.82) is 0 Å². The van der Waals surface area contributed by atoms with Crippen LogP contribution in [0.15, 0.2) is 29.2 Å². The Morgan fingerprint density at radius 3 is 2.30 bits per heavy atom. The zero-order chi connectivity index (χ0) is 19.4. The number of carbonyl (C=O) groups is 3. The highest BCUT2D eigenvalue weighted by Gasteiger charge is 2.27. The minimum atomic E-state index is -3.55. The Hall–Kier alpha value is -2.46. The maximum Gasteiger partial charge on any atom is 0.338 e. The number of amides is 3. The lowest BCUT2D eigenvalue weighted by molar-refractivity contribution is -0.123. The number of hydrogen-bond acceptors (Lipinski definition) is 6. The van der Waals surface area contributed by atoms with Crippen LogP contribution in [-0.4, -0.2) is 56.4 Å². The first-order chi connectivity index (χ1) is 12.9. The van der Waals surface area contributed by atoms with E-state index in [1.54, 1.807) is 0 Å². The fourth-order valence-electron chi connectivity index (χ4n) is 2.67. The lowest BCUT2D eigenvalue weighted by atomic mass is 10.2. The van der Waals surface area contributed by atoms with E-state index in [1.165, 1.54) is 28.6 Å². The van der Waals surface area contributed by atoms with E-state index in [2.05, 4.69) is 10.6 Å². The van der Waals surface area contributed by atoms with Gasteiger partial charge < -0.3 is 10.1 Å². The van der Waals surface area contributed by atoms with Crippen LogP contribution >= 0.6 is 0 Å². The van der Waals surface area contributed by atoms with Crippen molar-refractivity contribution in [3.05, 3.63) is 29.8 Å². The molecular formula is C17H21N3O6S. The minimum Gasteiger partial charge on any atom is -0.452 e. The van der Waals surface area contributed by atoms with Gasteiger partial charge in [-0.3, -0.25) is 10.1 Å². The lowest BCUT2D eigenvalue weighted by Gasteiger charge is -2.15. The Labute approximate surface area is 157 Å². The topological polar surface area (TPSA) is 122 Å².